The number of tetrazole rings is 1. The van der Waals surface area contributed by atoms with Gasteiger partial charge < -0.3 is 5.32 Å². The van der Waals surface area contributed by atoms with Crippen molar-refractivity contribution in [1.82, 2.24) is 25.9 Å². The van der Waals surface area contributed by atoms with E-state index in [1.807, 2.05) is 6.92 Å². The van der Waals surface area contributed by atoms with Crippen molar-refractivity contribution in [3.05, 3.63) is 5.82 Å². The van der Waals surface area contributed by atoms with E-state index in [1.165, 1.54) is 12.8 Å². The fourth-order valence-corrected chi connectivity index (χ4v) is 1.44. The molecule has 6 heteroatoms. The van der Waals surface area contributed by atoms with Gasteiger partial charge >= 0.3 is 0 Å². The average molecular weight is 225 g/mol. The SMILES string of the molecule is CCCCCCC(=O)NC(C)c1nn[nH]n1. The molecule has 0 bridgehead atoms. The molecule has 1 heterocycles. The molecule has 0 radical (unpaired) electrons. The summed E-state index contributed by atoms with van der Waals surface area (Å²) in [6.07, 6.45) is 5.00. The Hall–Kier alpha value is -1.46. The number of nitrogens with one attached hydrogen (secondary N) is 2. The third-order valence-electron chi connectivity index (χ3n) is 2.38. The first kappa shape index (κ1) is 12.6. The lowest BCUT2D eigenvalue weighted by molar-refractivity contribution is -0.121. The van der Waals surface area contributed by atoms with Crippen molar-refractivity contribution in [2.75, 3.05) is 0 Å². The summed E-state index contributed by atoms with van der Waals surface area (Å²) in [6.45, 7) is 3.99. The summed E-state index contributed by atoms with van der Waals surface area (Å²) in [7, 11) is 0. The topological polar surface area (TPSA) is 83.6 Å². The van der Waals surface area contributed by atoms with Gasteiger partial charge in [0.05, 0.1) is 6.04 Å². The molecular formula is C10H19N5O. The van der Waals surface area contributed by atoms with E-state index in [4.69, 9.17) is 0 Å². The molecule has 0 fully saturated rings. The van der Waals surface area contributed by atoms with Crippen molar-refractivity contribution in [3.8, 4) is 0 Å². The van der Waals surface area contributed by atoms with E-state index in [9.17, 15) is 4.79 Å². The van der Waals surface area contributed by atoms with E-state index < -0.39 is 0 Å². The van der Waals surface area contributed by atoms with Gasteiger partial charge in [-0.15, -0.1) is 10.2 Å². The molecule has 0 aliphatic rings. The second-order valence-electron chi connectivity index (χ2n) is 3.87. The molecule has 1 unspecified atom stereocenters. The van der Waals surface area contributed by atoms with Crippen LogP contribution in [0.1, 0.15) is 57.8 Å². The Balaban J connectivity index is 2.19. The number of hydrogen-bond donors (Lipinski definition) is 2. The molecule has 0 saturated heterocycles. The highest BCUT2D eigenvalue weighted by atomic mass is 16.1. The first-order chi connectivity index (χ1) is 7.74. The molecule has 0 spiro atoms. The van der Waals surface area contributed by atoms with Crippen LogP contribution in [0.3, 0.4) is 0 Å². The summed E-state index contributed by atoms with van der Waals surface area (Å²) in [5.74, 6) is 0.565. The average Bonchev–Trinajstić information content (AvgIpc) is 2.77. The Kier molecular flexibility index (Phi) is 5.45. The molecular weight excluding hydrogens is 206 g/mol. The van der Waals surface area contributed by atoms with Gasteiger partial charge in [-0.05, 0) is 13.3 Å². The van der Waals surface area contributed by atoms with Crippen LogP contribution in [0.5, 0.6) is 0 Å². The summed E-state index contributed by atoms with van der Waals surface area (Å²) in [4.78, 5) is 11.5. The van der Waals surface area contributed by atoms with Crippen LogP contribution in [0, 0.1) is 0 Å². The van der Waals surface area contributed by atoms with Gasteiger partial charge in [0.25, 0.3) is 0 Å². The highest BCUT2D eigenvalue weighted by molar-refractivity contribution is 5.76. The molecule has 1 aromatic rings. The Labute approximate surface area is 95.2 Å². The maximum Gasteiger partial charge on any atom is 0.220 e. The number of H-pyrrole nitrogens is 1. The van der Waals surface area contributed by atoms with Crippen molar-refractivity contribution in [3.63, 3.8) is 0 Å². The summed E-state index contributed by atoms with van der Waals surface area (Å²) in [5.41, 5.74) is 0. The van der Waals surface area contributed by atoms with Crippen LogP contribution in [0.15, 0.2) is 0 Å². The molecule has 1 atom stereocenters. The summed E-state index contributed by atoms with van der Waals surface area (Å²) in [5, 5.41) is 16.3. The van der Waals surface area contributed by atoms with Crippen molar-refractivity contribution in [1.29, 1.82) is 0 Å². The van der Waals surface area contributed by atoms with E-state index >= 15 is 0 Å². The summed E-state index contributed by atoms with van der Waals surface area (Å²) < 4.78 is 0. The third kappa shape index (κ3) is 4.37. The largest absolute Gasteiger partial charge is 0.346 e. The molecule has 90 valence electrons. The number of aromatic nitrogens is 4. The van der Waals surface area contributed by atoms with Gasteiger partial charge in [0, 0.05) is 6.42 Å². The number of nitrogens with zero attached hydrogens (tertiary/aromatic N) is 3. The Morgan fingerprint density at radius 1 is 1.44 bits per heavy atom. The first-order valence-electron chi connectivity index (χ1n) is 5.76. The van der Waals surface area contributed by atoms with Gasteiger partial charge in [-0.1, -0.05) is 31.4 Å². The number of rotatable bonds is 7. The van der Waals surface area contributed by atoms with E-state index in [0.29, 0.717) is 12.2 Å². The highest BCUT2D eigenvalue weighted by Gasteiger charge is 2.12. The number of carbonyl (C=O) groups is 1. The van der Waals surface area contributed by atoms with Gasteiger partial charge in [-0.2, -0.15) is 5.21 Å². The number of aromatic amines is 1. The van der Waals surface area contributed by atoms with Crippen LogP contribution in [0.2, 0.25) is 0 Å². The Morgan fingerprint density at radius 2 is 2.25 bits per heavy atom. The summed E-state index contributed by atoms with van der Waals surface area (Å²) in [6, 6.07) is -0.183. The molecule has 0 aliphatic heterocycles. The fourth-order valence-electron chi connectivity index (χ4n) is 1.44. The first-order valence-corrected chi connectivity index (χ1v) is 5.76. The standard InChI is InChI=1S/C10H19N5O/c1-3-4-5-6-7-9(16)11-8(2)10-12-14-15-13-10/h8H,3-7H2,1-2H3,(H,11,16)(H,12,13,14,15). The highest BCUT2D eigenvalue weighted by Crippen LogP contribution is 2.06. The van der Waals surface area contributed by atoms with Crippen molar-refractivity contribution in [2.24, 2.45) is 0 Å². The normalized spacial score (nSPS) is 12.4. The molecule has 1 aromatic heterocycles. The van der Waals surface area contributed by atoms with Crippen molar-refractivity contribution in [2.45, 2.75) is 52.0 Å². The number of hydrogen-bond acceptors (Lipinski definition) is 4. The Morgan fingerprint density at radius 3 is 2.88 bits per heavy atom. The lowest BCUT2D eigenvalue weighted by Gasteiger charge is -2.09. The van der Waals surface area contributed by atoms with E-state index in [2.05, 4.69) is 32.9 Å². The zero-order valence-electron chi connectivity index (χ0n) is 9.86. The fraction of sp³-hybridized carbons (Fsp3) is 0.800. The van der Waals surface area contributed by atoms with Crippen LogP contribution < -0.4 is 5.32 Å². The van der Waals surface area contributed by atoms with Gasteiger partial charge in [0.2, 0.25) is 5.91 Å². The second-order valence-corrected chi connectivity index (χ2v) is 3.87. The minimum atomic E-state index is -0.183. The van der Waals surface area contributed by atoms with Crippen molar-refractivity contribution >= 4 is 5.91 Å². The van der Waals surface area contributed by atoms with E-state index in [-0.39, 0.29) is 11.9 Å². The van der Waals surface area contributed by atoms with Crippen LogP contribution in [-0.4, -0.2) is 26.5 Å². The zero-order chi connectivity index (χ0) is 11.8. The lowest BCUT2D eigenvalue weighted by atomic mass is 10.1. The molecule has 16 heavy (non-hydrogen) atoms. The minimum absolute atomic E-state index is 0.0494. The third-order valence-corrected chi connectivity index (χ3v) is 2.38. The van der Waals surface area contributed by atoms with Crippen LogP contribution in [-0.2, 0) is 4.79 Å². The van der Waals surface area contributed by atoms with Gasteiger partial charge in [0.15, 0.2) is 5.82 Å². The van der Waals surface area contributed by atoms with Crippen LogP contribution in [0.25, 0.3) is 0 Å². The predicted octanol–water partition coefficient (Wildman–Crippen LogP) is 1.35. The molecule has 1 rings (SSSR count). The quantitative estimate of drug-likeness (QED) is 0.686. The van der Waals surface area contributed by atoms with Gasteiger partial charge in [-0.25, -0.2) is 0 Å². The number of unbranched alkanes of at least 4 members (excludes halogenated alkanes) is 3. The van der Waals surface area contributed by atoms with Crippen LogP contribution in [0.4, 0.5) is 0 Å². The molecule has 1 amide bonds. The number of carbonyl (C=O) groups excluding carboxylic acids is 1. The zero-order valence-corrected chi connectivity index (χ0v) is 9.86. The van der Waals surface area contributed by atoms with Gasteiger partial charge in [0.1, 0.15) is 0 Å². The Bertz CT molecular complexity index is 298. The van der Waals surface area contributed by atoms with Crippen molar-refractivity contribution < 1.29 is 4.79 Å². The second kappa shape index (κ2) is 6.92. The monoisotopic (exact) mass is 225 g/mol. The lowest BCUT2D eigenvalue weighted by Crippen LogP contribution is -2.27. The van der Waals surface area contributed by atoms with E-state index in [1.54, 1.807) is 0 Å². The smallest absolute Gasteiger partial charge is 0.220 e. The summed E-state index contributed by atoms with van der Waals surface area (Å²) >= 11 is 0. The molecule has 0 aliphatic carbocycles. The molecule has 2 N–H and O–H groups in total. The maximum absolute atomic E-state index is 11.5. The molecule has 0 aromatic carbocycles. The minimum Gasteiger partial charge on any atom is -0.346 e. The molecule has 0 saturated carbocycles. The maximum atomic E-state index is 11.5. The van der Waals surface area contributed by atoms with Gasteiger partial charge in [-0.3, -0.25) is 4.79 Å². The predicted molar refractivity (Wildman–Crippen MR) is 59.5 cm³/mol. The van der Waals surface area contributed by atoms with Crippen LogP contribution >= 0.6 is 0 Å². The molecule has 6 nitrogen and oxygen atoms in total. The van der Waals surface area contributed by atoms with E-state index in [0.717, 1.165) is 12.8 Å². The number of amides is 1.